The normalized spacial score (nSPS) is 19.9. The summed E-state index contributed by atoms with van der Waals surface area (Å²) in [6.07, 6.45) is 0. The first-order valence-electron chi connectivity index (χ1n) is 7.14. The molecule has 1 aliphatic carbocycles. The molecule has 2 rings (SSSR count). The Kier molecular flexibility index (Phi) is 4.26. The first-order valence-corrected chi connectivity index (χ1v) is 7.52. The van der Waals surface area contributed by atoms with Crippen molar-refractivity contribution in [3.05, 3.63) is 17.0 Å². The first kappa shape index (κ1) is 15.5. The molecule has 1 aromatic heterocycles. The van der Waals surface area contributed by atoms with Gasteiger partial charge in [-0.2, -0.15) is 0 Å². The molecule has 0 amide bonds. The highest BCUT2D eigenvalue weighted by Gasteiger charge is 2.64. The van der Waals surface area contributed by atoms with Crippen LogP contribution in [0.25, 0.3) is 0 Å². The van der Waals surface area contributed by atoms with Crippen LogP contribution in [0.3, 0.4) is 0 Å². The third kappa shape index (κ3) is 2.91. The van der Waals surface area contributed by atoms with Crippen molar-refractivity contribution in [3.8, 4) is 0 Å². The van der Waals surface area contributed by atoms with Crippen LogP contribution in [0.1, 0.15) is 40.4 Å². The van der Waals surface area contributed by atoms with Crippen molar-refractivity contribution in [2.75, 3.05) is 18.5 Å². The van der Waals surface area contributed by atoms with Crippen LogP contribution in [0.5, 0.6) is 0 Å². The molecule has 1 saturated carbocycles. The summed E-state index contributed by atoms with van der Waals surface area (Å²) in [6.45, 7) is 13.1. The molecule has 1 fully saturated rings. The molecule has 4 nitrogen and oxygen atoms in total. The van der Waals surface area contributed by atoms with Crippen LogP contribution in [0.15, 0.2) is 6.07 Å². The van der Waals surface area contributed by atoms with E-state index in [2.05, 4.69) is 43.0 Å². The maximum atomic E-state index is 6.03. The third-order valence-electron chi connectivity index (χ3n) is 4.98. The van der Waals surface area contributed by atoms with Gasteiger partial charge in [0.1, 0.15) is 17.6 Å². The summed E-state index contributed by atoms with van der Waals surface area (Å²) in [5.41, 5.74) is 0.732. The van der Waals surface area contributed by atoms with E-state index in [0.717, 1.165) is 12.4 Å². The molecule has 0 atom stereocenters. The van der Waals surface area contributed by atoms with Crippen LogP contribution in [0, 0.1) is 16.7 Å². The van der Waals surface area contributed by atoms with Gasteiger partial charge in [0, 0.05) is 19.2 Å². The number of ether oxygens (including phenoxy) is 1. The Balaban J connectivity index is 1.98. The Morgan fingerprint density at radius 3 is 2.45 bits per heavy atom. The van der Waals surface area contributed by atoms with Gasteiger partial charge >= 0.3 is 0 Å². The lowest BCUT2D eigenvalue weighted by molar-refractivity contribution is 0.128. The zero-order valence-electron chi connectivity index (χ0n) is 13.0. The van der Waals surface area contributed by atoms with Crippen molar-refractivity contribution in [2.45, 2.75) is 41.2 Å². The maximum absolute atomic E-state index is 6.03. The predicted molar refractivity (Wildman–Crippen MR) is 81.9 cm³/mol. The van der Waals surface area contributed by atoms with E-state index in [9.17, 15) is 0 Å². The molecule has 0 radical (unpaired) electrons. The highest BCUT2D eigenvalue weighted by Crippen LogP contribution is 2.68. The number of nitrogens with one attached hydrogen (secondary N) is 1. The summed E-state index contributed by atoms with van der Waals surface area (Å²) in [6, 6.07) is 1.76. The Morgan fingerprint density at radius 1 is 1.25 bits per heavy atom. The highest BCUT2D eigenvalue weighted by molar-refractivity contribution is 6.29. The van der Waals surface area contributed by atoms with Crippen LogP contribution in [0.4, 0.5) is 5.82 Å². The van der Waals surface area contributed by atoms with Crippen LogP contribution < -0.4 is 5.32 Å². The number of hydrogen-bond donors (Lipinski definition) is 1. The average molecular weight is 298 g/mol. The van der Waals surface area contributed by atoms with Gasteiger partial charge in [0.15, 0.2) is 5.82 Å². The summed E-state index contributed by atoms with van der Waals surface area (Å²) < 4.78 is 5.32. The zero-order chi connectivity index (χ0) is 15.0. The largest absolute Gasteiger partial charge is 0.374 e. The van der Waals surface area contributed by atoms with E-state index in [-0.39, 0.29) is 0 Å². The molecule has 1 aromatic rings. The van der Waals surface area contributed by atoms with Crippen molar-refractivity contribution in [1.82, 2.24) is 9.97 Å². The minimum absolute atomic E-state index is 0.366. The Morgan fingerprint density at radius 2 is 1.90 bits per heavy atom. The van der Waals surface area contributed by atoms with Crippen molar-refractivity contribution in [1.29, 1.82) is 0 Å². The topological polar surface area (TPSA) is 47.0 Å². The van der Waals surface area contributed by atoms with E-state index in [4.69, 9.17) is 16.3 Å². The molecule has 0 saturated heterocycles. The van der Waals surface area contributed by atoms with Gasteiger partial charge in [-0.25, -0.2) is 9.97 Å². The van der Waals surface area contributed by atoms with E-state index < -0.39 is 0 Å². The van der Waals surface area contributed by atoms with E-state index in [1.54, 1.807) is 6.07 Å². The van der Waals surface area contributed by atoms with Gasteiger partial charge in [0.05, 0.1) is 0 Å². The second kappa shape index (κ2) is 5.49. The van der Waals surface area contributed by atoms with Crippen molar-refractivity contribution in [3.63, 3.8) is 0 Å². The molecule has 1 N–H and O–H groups in total. The number of halogens is 1. The summed E-state index contributed by atoms with van der Waals surface area (Å²) in [5, 5.41) is 3.83. The van der Waals surface area contributed by atoms with E-state index in [0.29, 0.717) is 40.9 Å². The van der Waals surface area contributed by atoms with Crippen molar-refractivity contribution in [2.24, 2.45) is 16.7 Å². The van der Waals surface area contributed by atoms with E-state index in [1.165, 1.54) is 0 Å². The van der Waals surface area contributed by atoms with Crippen LogP contribution in [0.2, 0.25) is 5.15 Å². The number of rotatable bonds is 6. The number of hydrogen-bond acceptors (Lipinski definition) is 4. The van der Waals surface area contributed by atoms with Gasteiger partial charge in [-0.1, -0.05) is 39.3 Å². The summed E-state index contributed by atoms with van der Waals surface area (Å²) in [4.78, 5) is 8.60. The predicted octanol–water partition coefficient (Wildman–Crippen LogP) is 3.76. The van der Waals surface area contributed by atoms with E-state index in [1.807, 2.05) is 6.92 Å². The van der Waals surface area contributed by atoms with Gasteiger partial charge in [-0.3, -0.25) is 0 Å². The molecule has 1 aliphatic rings. The highest BCUT2D eigenvalue weighted by atomic mass is 35.5. The second-order valence-corrected chi connectivity index (χ2v) is 6.89. The lowest BCUT2D eigenvalue weighted by Gasteiger charge is -2.09. The maximum Gasteiger partial charge on any atom is 0.158 e. The van der Waals surface area contributed by atoms with Crippen molar-refractivity contribution >= 4 is 17.4 Å². The lowest BCUT2D eigenvalue weighted by atomic mass is 10.0. The fraction of sp³-hybridized carbons (Fsp3) is 0.733. The Hall–Kier alpha value is -0.870. The standard InChI is InChI=1S/C15H24ClN3O/c1-6-20-9-13-18-11(16)7-12(19-13)17-8-10-14(2,3)15(10,4)5/h7,10H,6,8-9H2,1-5H3,(H,17,18,19). The monoisotopic (exact) mass is 297 g/mol. The molecule has 0 spiro atoms. The van der Waals surface area contributed by atoms with Crippen LogP contribution >= 0.6 is 11.6 Å². The average Bonchev–Trinajstić information content (AvgIpc) is 2.74. The van der Waals surface area contributed by atoms with Gasteiger partial charge in [-0.05, 0) is 23.7 Å². The molecule has 0 aromatic carbocycles. The molecule has 1 heterocycles. The Bertz CT molecular complexity index is 474. The van der Waals surface area contributed by atoms with Crippen LogP contribution in [-0.2, 0) is 11.3 Å². The third-order valence-corrected chi connectivity index (χ3v) is 5.18. The smallest absolute Gasteiger partial charge is 0.158 e. The number of nitrogens with zero attached hydrogens (tertiary/aromatic N) is 2. The molecule has 5 heteroatoms. The summed E-state index contributed by atoms with van der Waals surface area (Å²) in [7, 11) is 0. The fourth-order valence-corrected chi connectivity index (χ4v) is 3.06. The van der Waals surface area contributed by atoms with Gasteiger partial charge in [0.25, 0.3) is 0 Å². The first-order chi connectivity index (χ1) is 9.29. The molecule has 0 bridgehead atoms. The van der Waals surface area contributed by atoms with Gasteiger partial charge in [-0.15, -0.1) is 0 Å². The van der Waals surface area contributed by atoms with E-state index >= 15 is 0 Å². The van der Waals surface area contributed by atoms with Crippen LogP contribution in [-0.4, -0.2) is 23.1 Å². The zero-order valence-corrected chi connectivity index (χ0v) is 13.7. The van der Waals surface area contributed by atoms with Gasteiger partial charge in [0.2, 0.25) is 0 Å². The number of anilines is 1. The van der Waals surface area contributed by atoms with Crippen molar-refractivity contribution < 1.29 is 4.74 Å². The summed E-state index contributed by atoms with van der Waals surface area (Å²) >= 11 is 6.03. The minimum atomic E-state index is 0.366. The molecule has 112 valence electrons. The number of aromatic nitrogens is 2. The molecule has 20 heavy (non-hydrogen) atoms. The fourth-order valence-electron chi connectivity index (χ4n) is 2.86. The quantitative estimate of drug-likeness (QED) is 0.812. The lowest BCUT2D eigenvalue weighted by Crippen LogP contribution is -2.11. The summed E-state index contributed by atoms with van der Waals surface area (Å²) in [5.74, 6) is 2.04. The minimum Gasteiger partial charge on any atom is -0.374 e. The second-order valence-electron chi connectivity index (χ2n) is 6.51. The molecule has 0 unspecified atom stereocenters. The molecular formula is C15H24ClN3O. The Labute approximate surface area is 126 Å². The van der Waals surface area contributed by atoms with Gasteiger partial charge < -0.3 is 10.1 Å². The SMILES string of the molecule is CCOCc1nc(Cl)cc(NCC2C(C)(C)C2(C)C)n1. The molecule has 0 aliphatic heterocycles. The molecular weight excluding hydrogens is 274 g/mol.